The third kappa shape index (κ3) is 3.60. The minimum atomic E-state index is -0.132. The van der Waals surface area contributed by atoms with Gasteiger partial charge in [0.05, 0.1) is 0 Å². The highest BCUT2D eigenvalue weighted by atomic mass is 16.3. The Morgan fingerprint density at radius 3 is 2.44 bits per heavy atom. The van der Waals surface area contributed by atoms with Crippen molar-refractivity contribution in [1.82, 2.24) is 4.98 Å². The average Bonchev–Trinajstić information content (AvgIpc) is 3.04. The van der Waals surface area contributed by atoms with Gasteiger partial charge in [0.15, 0.2) is 5.58 Å². The van der Waals surface area contributed by atoms with Crippen LogP contribution in [0, 0.1) is 20.8 Å². The van der Waals surface area contributed by atoms with Crippen LogP contribution in [0.1, 0.15) is 27.0 Å². The lowest BCUT2D eigenvalue weighted by Gasteiger charge is -2.08. The van der Waals surface area contributed by atoms with Crippen molar-refractivity contribution < 1.29 is 9.21 Å². The lowest BCUT2D eigenvalue weighted by Crippen LogP contribution is -2.12. The molecule has 4 nitrogen and oxygen atoms in total. The van der Waals surface area contributed by atoms with Gasteiger partial charge in [-0.2, -0.15) is 0 Å². The molecule has 4 heteroatoms. The fourth-order valence-electron chi connectivity index (χ4n) is 3.19. The number of carbonyl (C=O) groups is 1. The second-order valence-electron chi connectivity index (χ2n) is 6.90. The van der Waals surface area contributed by atoms with Gasteiger partial charge in [-0.1, -0.05) is 29.3 Å². The zero-order valence-electron chi connectivity index (χ0n) is 15.5. The highest BCUT2D eigenvalue weighted by Gasteiger charge is 2.11. The summed E-state index contributed by atoms with van der Waals surface area (Å²) < 4.78 is 5.89. The molecule has 0 aliphatic rings. The highest BCUT2D eigenvalue weighted by Crippen LogP contribution is 2.27. The van der Waals surface area contributed by atoms with Crippen LogP contribution in [0.5, 0.6) is 0 Å². The van der Waals surface area contributed by atoms with E-state index in [-0.39, 0.29) is 5.91 Å². The van der Waals surface area contributed by atoms with E-state index in [4.69, 9.17) is 4.42 Å². The van der Waals surface area contributed by atoms with Crippen LogP contribution in [0.25, 0.3) is 22.6 Å². The summed E-state index contributed by atoms with van der Waals surface area (Å²) in [6.45, 7) is 5.99. The molecule has 0 spiro atoms. The zero-order valence-corrected chi connectivity index (χ0v) is 15.5. The van der Waals surface area contributed by atoms with Crippen molar-refractivity contribution in [2.24, 2.45) is 0 Å². The number of aryl methyl sites for hydroxylation is 3. The van der Waals surface area contributed by atoms with Crippen molar-refractivity contribution in [3.63, 3.8) is 0 Å². The van der Waals surface area contributed by atoms with Crippen LogP contribution in [-0.4, -0.2) is 10.9 Å². The Morgan fingerprint density at radius 1 is 0.889 bits per heavy atom. The molecular weight excluding hydrogens is 336 g/mol. The number of carbonyl (C=O) groups excluding carboxylic acids is 1. The summed E-state index contributed by atoms with van der Waals surface area (Å²) in [5.74, 6) is 0.408. The van der Waals surface area contributed by atoms with Crippen LogP contribution < -0.4 is 5.32 Å². The Balaban J connectivity index is 1.62. The lowest BCUT2D eigenvalue weighted by atomic mass is 10.1. The summed E-state index contributed by atoms with van der Waals surface area (Å²) in [7, 11) is 0. The molecule has 1 N–H and O–H groups in total. The molecule has 1 amide bonds. The molecule has 1 aromatic heterocycles. The van der Waals surface area contributed by atoms with Crippen molar-refractivity contribution in [1.29, 1.82) is 0 Å². The quantitative estimate of drug-likeness (QED) is 0.514. The third-order valence-electron chi connectivity index (χ3n) is 4.40. The van der Waals surface area contributed by atoms with Crippen molar-refractivity contribution in [2.75, 3.05) is 5.32 Å². The summed E-state index contributed by atoms with van der Waals surface area (Å²) in [4.78, 5) is 17.1. The molecule has 134 valence electrons. The fourth-order valence-corrected chi connectivity index (χ4v) is 3.19. The molecule has 0 radical (unpaired) electrons. The first-order chi connectivity index (χ1) is 13.0. The van der Waals surface area contributed by atoms with Gasteiger partial charge in [-0.25, -0.2) is 4.98 Å². The second-order valence-corrected chi connectivity index (χ2v) is 6.90. The highest BCUT2D eigenvalue weighted by molar-refractivity contribution is 6.04. The van der Waals surface area contributed by atoms with Crippen molar-refractivity contribution in [3.05, 3.63) is 82.9 Å². The van der Waals surface area contributed by atoms with E-state index in [1.54, 1.807) is 0 Å². The molecule has 0 saturated carbocycles. The number of oxazole rings is 1. The monoisotopic (exact) mass is 356 g/mol. The minimum absolute atomic E-state index is 0.132. The second kappa shape index (κ2) is 6.72. The van der Waals surface area contributed by atoms with E-state index < -0.39 is 0 Å². The van der Waals surface area contributed by atoms with Gasteiger partial charge in [0.2, 0.25) is 5.89 Å². The van der Waals surface area contributed by atoms with Crippen LogP contribution in [0.4, 0.5) is 5.69 Å². The zero-order chi connectivity index (χ0) is 19.0. The van der Waals surface area contributed by atoms with E-state index in [0.29, 0.717) is 17.1 Å². The predicted octanol–water partition coefficient (Wildman–Crippen LogP) is 5.67. The van der Waals surface area contributed by atoms with Crippen molar-refractivity contribution >= 4 is 22.7 Å². The van der Waals surface area contributed by atoms with Crippen molar-refractivity contribution in [2.45, 2.75) is 20.8 Å². The summed E-state index contributed by atoms with van der Waals surface area (Å²) in [6.07, 6.45) is 0. The van der Waals surface area contributed by atoms with Gasteiger partial charge in [-0.15, -0.1) is 0 Å². The van der Waals surface area contributed by atoms with E-state index in [2.05, 4.69) is 10.3 Å². The molecule has 4 rings (SSSR count). The minimum Gasteiger partial charge on any atom is -0.436 e. The largest absolute Gasteiger partial charge is 0.436 e. The third-order valence-corrected chi connectivity index (χ3v) is 4.40. The molecule has 3 aromatic carbocycles. The maximum absolute atomic E-state index is 12.6. The summed E-state index contributed by atoms with van der Waals surface area (Å²) >= 11 is 0. The fraction of sp³-hybridized carbons (Fsp3) is 0.130. The van der Waals surface area contributed by atoms with E-state index in [1.165, 1.54) is 0 Å². The number of hydrogen-bond acceptors (Lipinski definition) is 3. The Kier molecular flexibility index (Phi) is 4.24. The van der Waals surface area contributed by atoms with E-state index in [1.807, 2.05) is 81.4 Å². The molecule has 0 fully saturated rings. The summed E-state index contributed by atoms with van der Waals surface area (Å²) in [6, 6.07) is 19.3. The number of anilines is 1. The molecule has 0 aliphatic carbocycles. The van der Waals surface area contributed by atoms with Crippen LogP contribution in [0.15, 0.2) is 65.1 Å². The normalized spacial score (nSPS) is 10.9. The van der Waals surface area contributed by atoms with Crippen LogP contribution >= 0.6 is 0 Å². The number of aromatic nitrogens is 1. The van der Waals surface area contributed by atoms with Gasteiger partial charge < -0.3 is 9.73 Å². The maximum atomic E-state index is 12.6. The van der Waals surface area contributed by atoms with Gasteiger partial charge in [0.25, 0.3) is 5.91 Å². The molecule has 0 aliphatic heterocycles. The van der Waals surface area contributed by atoms with Gasteiger partial charge in [0, 0.05) is 16.8 Å². The molecule has 27 heavy (non-hydrogen) atoms. The number of fused-ring (bicyclic) bond motifs is 1. The Labute approximate surface area is 157 Å². The average molecular weight is 356 g/mol. The summed E-state index contributed by atoms with van der Waals surface area (Å²) in [5.41, 5.74) is 7.01. The molecule has 0 saturated heterocycles. The Bertz CT molecular complexity index is 1140. The first-order valence-corrected chi connectivity index (χ1v) is 8.85. The molecule has 1 heterocycles. The molecule has 0 unspecified atom stereocenters. The Morgan fingerprint density at radius 2 is 1.67 bits per heavy atom. The number of nitrogens with one attached hydrogen (secondary N) is 1. The number of amides is 1. The maximum Gasteiger partial charge on any atom is 0.255 e. The van der Waals surface area contributed by atoms with Crippen LogP contribution in [-0.2, 0) is 0 Å². The lowest BCUT2D eigenvalue weighted by molar-refractivity contribution is 0.102. The van der Waals surface area contributed by atoms with Gasteiger partial charge in [-0.05, 0) is 68.8 Å². The molecule has 0 atom stereocenters. The van der Waals surface area contributed by atoms with E-state index >= 15 is 0 Å². The molecule has 0 bridgehead atoms. The predicted molar refractivity (Wildman–Crippen MR) is 108 cm³/mol. The SMILES string of the molecule is Cc1cc(C)cc(C(=O)Nc2cccc(-c3nc4ccc(C)cc4o3)c2)c1. The van der Waals surface area contributed by atoms with E-state index in [9.17, 15) is 4.79 Å². The van der Waals surface area contributed by atoms with Crippen LogP contribution in [0.2, 0.25) is 0 Å². The smallest absolute Gasteiger partial charge is 0.255 e. The number of benzene rings is 3. The first-order valence-electron chi connectivity index (χ1n) is 8.85. The molecular formula is C23H20N2O2. The topological polar surface area (TPSA) is 55.1 Å². The van der Waals surface area contributed by atoms with E-state index in [0.717, 1.165) is 33.4 Å². The van der Waals surface area contributed by atoms with Gasteiger partial charge in [0.1, 0.15) is 5.52 Å². The number of rotatable bonds is 3. The standard InChI is InChI=1S/C23H20N2O2/c1-14-7-8-20-21(12-14)27-23(25-20)17-5-4-6-19(13-17)24-22(26)18-10-15(2)9-16(3)11-18/h4-13H,1-3H3,(H,24,26). The summed E-state index contributed by atoms with van der Waals surface area (Å²) in [5, 5.41) is 2.96. The van der Waals surface area contributed by atoms with Crippen LogP contribution in [0.3, 0.4) is 0 Å². The first kappa shape index (κ1) is 17.0. The van der Waals surface area contributed by atoms with Gasteiger partial charge in [-0.3, -0.25) is 4.79 Å². The van der Waals surface area contributed by atoms with Gasteiger partial charge >= 0.3 is 0 Å². The molecule has 4 aromatic rings. The number of nitrogens with zero attached hydrogens (tertiary/aromatic N) is 1. The van der Waals surface area contributed by atoms with Crippen molar-refractivity contribution in [3.8, 4) is 11.5 Å². The Hall–Kier alpha value is -3.40. The number of hydrogen-bond donors (Lipinski definition) is 1.